The molecule has 13 heteroatoms. The number of carbonyl (C=O) groups excluding carboxylic acids is 2. The number of rotatable bonds is 6. The summed E-state index contributed by atoms with van der Waals surface area (Å²) >= 11 is 0. The molecule has 0 radical (unpaired) electrons. The average molecular weight is 714 g/mol. The highest BCUT2D eigenvalue weighted by Crippen LogP contribution is 2.43. The van der Waals surface area contributed by atoms with Gasteiger partial charge in [-0.15, -0.1) is 0 Å². The van der Waals surface area contributed by atoms with Crippen LogP contribution in [0, 0.1) is 12.7 Å². The third kappa shape index (κ3) is 9.74. The van der Waals surface area contributed by atoms with E-state index in [1.165, 1.54) is 4.90 Å². The van der Waals surface area contributed by atoms with Gasteiger partial charge in [0.05, 0.1) is 29.7 Å². The quantitative estimate of drug-likeness (QED) is 0.293. The van der Waals surface area contributed by atoms with Crippen molar-refractivity contribution in [1.29, 1.82) is 0 Å². The molecule has 0 fully saturated rings. The fourth-order valence-corrected chi connectivity index (χ4v) is 6.80. The molecule has 0 bridgehead atoms. The predicted molar refractivity (Wildman–Crippen MR) is 197 cm³/mol. The summed E-state index contributed by atoms with van der Waals surface area (Å²) in [6.45, 7) is 24.5. The standard InChI is InChI=1S/C37H56FN5O6Si/c1-23-19-25(42(11)33(44)47-35(2,3)4)21-28(39-23)41-32-30(38)29(31-27(40-32)15-14-18-46-31)24-16-17-43(34(45)48-36(5,6)7)22-26(20-24)49-50(12,13)37(8,9)10/h16,19,21,26H,14-15,17-18,20,22H2,1-13H3,(H,39,40,41). The van der Waals surface area contributed by atoms with Gasteiger partial charge in [-0.05, 0) is 97.5 Å². The van der Waals surface area contributed by atoms with Crippen molar-refractivity contribution in [1.82, 2.24) is 14.9 Å². The van der Waals surface area contributed by atoms with Gasteiger partial charge in [0.15, 0.2) is 25.7 Å². The van der Waals surface area contributed by atoms with Crippen molar-refractivity contribution in [3.8, 4) is 5.75 Å². The fraction of sp³-hybridized carbons (Fsp3) is 0.622. The maximum absolute atomic E-state index is 17.0. The second kappa shape index (κ2) is 14.5. The van der Waals surface area contributed by atoms with E-state index < -0.39 is 43.6 Å². The summed E-state index contributed by atoms with van der Waals surface area (Å²) < 4.78 is 41.3. The molecule has 2 aliphatic heterocycles. The van der Waals surface area contributed by atoms with E-state index in [-0.39, 0.29) is 17.4 Å². The van der Waals surface area contributed by atoms with Crippen LogP contribution in [0.4, 0.5) is 31.3 Å². The van der Waals surface area contributed by atoms with Crippen LogP contribution >= 0.6 is 0 Å². The van der Waals surface area contributed by atoms with Crippen LogP contribution in [0.25, 0.3) is 5.57 Å². The number of nitrogens with zero attached hydrogens (tertiary/aromatic N) is 4. The third-order valence-corrected chi connectivity index (χ3v) is 13.4. The SMILES string of the molecule is Cc1cc(N(C)C(=O)OC(C)(C)C)cc(Nc2nc3c(c(C4=CCN(C(=O)OC(C)(C)C)CC(O[Si](C)(C)C(C)(C)C)C4)c2F)OCCC3)n1. The molecule has 2 aromatic heterocycles. The van der Waals surface area contributed by atoms with Crippen LogP contribution < -0.4 is 15.0 Å². The van der Waals surface area contributed by atoms with Crippen molar-refractivity contribution in [3.63, 3.8) is 0 Å². The summed E-state index contributed by atoms with van der Waals surface area (Å²) in [4.78, 5) is 38.5. The van der Waals surface area contributed by atoms with E-state index >= 15 is 4.39 Å². The minimum Gasteiger partial charge on any atom is -0.491 e. The van der Waals surface area contributed by atoms with Crippen LogP contribution in [0.5, 0.6) is 5.75 Å². The molecule has 4 rings (SSSR count). The van der Waals surface area contributed by atoms with Crippen molar-refractivity contribution in [2.45, 2.75) is 124 Å². The van der Waals surface area contributed by atoms with Crippen LogP contribution in [-0.4, -0.2) is 79.4 Å². The Morgan fingerprint density at radius 3 is 2.32 bits per heavy atom. The number of aryl methyl sites for hydroxylation is 2. The molecule has 1 atom stereocenters. The number of amides is 2. The highest BCUT2D eigenvalue weighted by Gasteiger charge is 2.41. The molecule has 276 valence electrons. The number of anilines is 3. The van der Waals surface area contributed by atoms with Gasteiger partial charge in [0.1, 0.15) is 17.0 Å². The van der Waals surface area contributed by atoms with E-state index in [1.54, 1.807) is 51.8 Å². The second-order valence-electron chi connectivity index (χ2n) is 16.7. The number of hydrogen-bond donors (Lipinski definition) is 1. The molecule has 0 spiro atoms. The predicted octanol–water partition coefficient (Wildman–Crippen LogP) is 8.78. The summed E-state index contributed by atoms with van der Waals surface area (Å²) in [7, 11) is -0.691. The lowest BCUT2D eigenvalue weighted by atomic mass is 9.96. The summed E-state index contributed by atoms with van der Waals surface area (Å²) in [5.41, 5.74) is 1.38. The lowest BCUT2D eigenvalue weighted by Crippen LogP contribution is -2.48. The number of nitrogens with one attached hydrogen (secondary N) is 1. The van der Waals surface area contributed by atoms with Gasteiger partial charge in [-0.1, -0.05) is 26.8 Å². The summed E-state index contributed by atoms with van der Waals surface area (Å²) in [5.74, 6) is 0.114. The molecule has 1 unspecified atom stereocenters. The molecule has 0 saturated heterocycles. The number of fused-ring (bicyclic) bond motifs is 1. The van der Waals surface area contributed by atoms with Gasteiger partial charge >= 0.3 is 12.2 Å². The van der Waals surface area contributed by atoms with Gasteiger partial charge in [-0.2, -0.15) is 0 Å². The highest BCUT2D eigenvalue weighted by molar-refractivity contribution is 6.74. The number of ether oxygens (including phenoxy) is 3. The summed E-state index contributed by atoms with van der Waals surface area (Å²) in [6.07, 6.45) is 2.18. The Hall–Kier alpha value is -3.71. The molecule has 4 heterocycles. The summed E-state index contributed by atoms with van der Waals surface area (Å²) in [5, 5.41) is 3.01. The van der Waals surface area contributed by atoms with E-state index in [1.807, 2.05) is 26.8 Å². The van der Waals surface area contributed by atoms with Gasteiger partial charge in [0, 0.05) is 31.9 Å². The summed E-state index contributed by atoms with van der Waals surface area (Å²) in [6, 6.07) is 3.40. The zero-order chi connectivity index (χ0) is 37.4. The van der Waals surface area contributed by atoms with Gasteiger partial charge in [0.25, 0.3) is 0 Å². The van der Waals surface area contributed by atoms with E-state index in [9.17, 15) is 9.59 Å². The highest BCUT2D eigenvalue weighted by atomic mass is 28.4. The van der Waals surface area contributed by atoms with Gasteiger partial charge < -0.3 is 28.9 Å². The van der Waals surface area contributed by atoms with E-state index in [0.717, 1.165) is 6.42 Å². The third-order valence-electron chi connectivity index (χ3n) is 8.88. The van der Waals surface area contributed by atoms with Crippen LogP contribution in [0.1, 0.15) is 92.1 Å². The monoisotopic (exact) mass is 713 g/mol. The molecule has 2 amide bonds. The van der Waals surface area contributed by atoms with E-state index in [0.29, 0.717) is 65.8 Å². The number of halogens is 1. The van der Waals surface area contributed by atoms with Crippen LogP contribution in [0.3, 0.4) is 0 Å². The molecule has 2 aliphatic rings. The molecular weight excluding hydrogens is 658 g/mol. The van der Waals surface area contributed by atoms with Gasteiger partial charge in [-0.3, -0.25) is 4.90 Å². The minimum absolute atomic E-state index is 0.00997. The van der Waals surface area contributed by atoms with Crippen molar-refractivity contribution in [2.75, 3.05) is 37.0 Å². The number of hydrogen-bond acceptors (Lipinski definition) is 9. The number of carbonyl (C=O) groups is 2. The Bertz CT molecular complexity index is 1630. The van der Waals surface area contributed by atoms with Crippen LogP contribution in [0.15, 0.2) is 18.2 Å². The second-order valence-corrected chi connectivity index (χ2v) is 21.5. The first-order valence-electron chi connectivity index (χ1n) is 17.4. The van der Waals surface area contributed by atoms with E-state index in [4.69, 9.17) is 18.6 Å². The Kier molecular flexibility index (Phi) is 11.3. The van der Waals surface area contributed by atoms with Crippen molar-refractivity contribution < 1.29 is 32.6 Å². The Balaban J connectivity index is 1.77. The van der Waals surface area contributed by atoms with Crippen molar-refractivity contribution in [2.24, 2.45) is 0 Å². The largest absolute Gasteiger partial charge is 0.491 e. The van der Waals surface area contributed by atoms with Crippen LogP contribution in [0.2, 0.25) is 18.1 Å². The molecule has 0 saturated carbocycles. The van der Waals surface area contributed by atoms with Crippen molar-refractivity contribution >= 4 is 43.4 Å². The molecule has 1 N–H and O–H groups in total. The fourth-order valence-electron chi connectivity index (χ4n) is 5.46. The minimum atomic E-state index is -2.30. The topological polar surface area (TPSA) is 115 Å². The molecule has 50 heavy (non-hydrogen) atoms. The molecule has 2 aromatic rings. The Morgan fingerprint density at radius 2 is 1.70 bits per heavy atom. The van der Waals surface area contributed by atoms with Gasteiger partial charge in [-0.25, -0.2) is 23.9 Å². The maximum atomic E-state index is 17.0. The van der Waals surface area contributed by atoms with Gasteiger partial charge in [0.2, 0.25) is 0 Å². The molecular formula is C37H56FN5O6Si. The lowest BCUT2D eigenvalue weighted by molar-refractivity contribution is 0.0195. The average Bonchev–Trinajstić information content (AvgIpc) is 3.16. The first-order valence-corrected chi connectivity index (χ1v) is 20.3. The molecule has 0 aromatic carbocycles. The Labute approximate surface area is 298 Å². The normalized spacial score (nSPS) is 17.2. The Morgan fingerprint density at radius 1 is 1.04 bits per heavy atom. The lowest BCUT2D eigenvalue weighted by Gasteiger charge is -2.40. The first-order chi connectivity index (χ1) is 22.9. The molecule has 11 nitrogen and oxygen atoms in total. The first kappa shape index (κ1) is 39.1. The number of pyridine rings is 2. The zero-order valence-electron chi connectivity index (χ0n) is 32.2. The van der Waals surface area contributed by atoms with Crippen LogP contribution in [-0.2, 0) is 20.3 Å². The maximum Gasteiger partial charge on any atom is 0.414 e. The number of aromatic nitrogens is 2. The van der Waals surface area contributed by atoms with E-state index in [2.05, 4.69) is 49.1 Å². The smallest absolute Gasteiger partial charge is 0.414 e. The molecule has 0 aliphatic carbocycles. The van der Waals surface area contributed by atoms with Crippen molar-refractivity contribution in [3.05, 3.63) is 41.0 Å². The zero-order valence-corrected chi connectivity index (χ0v) is 33.2.